The predicted molar refractivity (Wildman–Crippen MR) is 141 cm³/mol. The molecule has 0 bridgehead atoms. The van der Waals surface area contributed by atoms with Gasteiger partial charge in [-0.1, -0.05) is 54.1 Å². The van der Waals surface area contributed by atoms with Crippen molar-refractivity contribution in [2.45, 2.75) is 38.6 Å². The first-order valence-corrected chi connectivity index (χ1v) is 13.2. The molecule has 192 valence electrons. The number of benzene rings is 3. The van der Waals surface area contributed by atoms with Gasteiger partial charge < -0.3 is 14.8 Å². The molecule has 0 atom stereocenters. The zero-order chi connectivity index (χ0) is 26.3. The Morgan fingerprint density at radius 3 is 2.11 bits per heavy atom. The third-order valence-electron chi connectivity index (χ3n) is 5.95. The Hall–Kier alpha value is -3.36. The number of hydrogen-bond acceptors (Lipinski definition) is 5. The van der Waals surface area contributed by atoms with Gasteiger partial charge in [0, 0.05) is 13.1 Å². The quantitative estimate of drug-likeness (QED) is 0.418. The van der Waals surface area contributed by atoms with E-state index in [0.717, 1.165) is 16.7 Å². The maximum absolute atomic E-state index is 13.8. The number of carbonyl (C=O) groups excluding carboxylic acids is 1. The van der Waals surface area contributed by atoms with Crippen molar-refractivity contribution in [1.82, 2.24) is 9.62 Å². The number of amides is 1. The molecule has 0 aliphatic heterocycles. The SMILES string of the molecule is COc1ccc(CNC(=O)CN(CCc2ccccc2)S(=O)(=O)c2c(C)cc(C)cc2C)cc1OC. The van der Waals surface area contributed by atoms with E-state index in [4.69, 9.17) is 9.47 Å². The van der Waals surface area contributed by atoms with Crippen LogP contribution >= 0.6 is 0 Å². The highest BCUT2D eigenvalue weighted by atomic mass is 32.2. The van der Waals surface area contributed by atoms with E-state index in [-0.39, 0.29) is 30.4 Å². The fourth-order valence-corrected chi connectivity index (χ4v) is 6.10. The Labute approximate surface area is 214 Å². The van der Waals surface area contributed by atoms with Gasteiger partial charge in [-0.25, -0.2) is 8.42 Å². The summed E-state index contributed by atoms with van der Waals surface area (Å²) in [5.41, 5.74) is 4.14. The molecule has 7 nitrogen and oxygen atoms in total. The molecule has 8 heteroatoms. The third kappa shape index (κ3) is 6.65. The van der Waals surface area contributed by atoms with Crippen LogP contribution < -0.4 is 14.8 Å². The molecule has 3 aromatic rings. The van der Waals surface area contributed by atoms with Crippen LogP contribution in [0.4, 0.5) is 0 Å². The van der Waals surface area contributed by atoms with Gasteiger partial charge in [0.2, 0.25) is 15.9 Å². The molecule has 0 aliphatic carbocycles. The molecule has 0 aliphatic rings. The smallest absolute Gasteiger partial charge is 0.244 e. The molecule has 0 fully saturated rings. The van der Waals surface area contributed by atoms with Gasteiger partial charge in [0.05, 0.1) is 25.7 Å². The third-order valence-corrected chi connectivity index (χ3v) is 8.10. The average Bonchev–Trinajstić information content (AvgIpc) is 2.84. The second kappa shape index (κ2) is 12.1. The Morgan fingerprint density at radius 2 is 1.50 bits per heavy atom. The number of ether oxygens (including phenoxy) is 2. The minimum atomic E-state index is -3.91. The van der Waals surface area contributed by atoms with Crippen molar-refractivity contribution in [3.8, 4) is 11.5 Å². The number of hydrogen-bond donors (Lipinski definition) is 1. The summed E-state index contributed by atoms with van der Waals surface area (Å²) in [6.07, 6.45) is 0.493. The second-order valence-electron chi connectivity index (χ2n) is 8.77. The number of sulfonamides is 1. The van der Waals surface area contributed by atoms with E-state index in [1.165, 1.54) is 4.31 Å². The first-order chi connectivity index (χ1) is 17.1. The van der Waals surface area contributed by atoms with Crippen molar-refractivity contribution in [2.75, 3.05) is 27.3 Å². The van der Waals surface area contributed by atoms with E-state index in [2.05, 4.69) is 5.32 Å². The molecule has 0 saturated heterocycles. The number of carbonyl (C=O) groups is 1. The zero-order valence-corrected chi connectivity index (χ0v) is 22.3. The number of nitrogens with zero attached hydrogens (tertiary/aromatic N) is 1. The maximum atomic E-state index is 13.8. The van der Waals surface area contributed by atoms with Crippen LogP contribution in [0.15, 0.2) is 65.6 Å². The van der Waals surface area contributed by atoms with E-state index in [1.54, 1.807) is 40.2 Å². The van der Waals surface area contributed by atoms with Crippen molar-refractivity contribution in [3.05, 3.63) is 88.5 Å². The highest BCUT2D eigenvalue weighted by molar-refractivity contribution is 7.89. The molecule has 0 unspecified atom stereocenters. The molecule has 36 heavy (non-hydrogen) atoms. The fourth-order valence-electron chi connectivity index (χ4n) is 4.29. The Balaban J connectivity index is 1.81. The molecular formula is C28H34N2O5S. The second-order valence-corrected chi connectivity index (χ2v) is 10.6. The lowest BCUT2D eigenvalue weighted by Crippen LogP contribution is -2.42. The van der Waals surface area contributed by atoms with Crippen LogP contribution in [0.25, 0.3) is 0 Å². The van der Waals surface area contributed by atoms with Gasteiger partial charge in [-0.2, -0.15) is 4.31 Å². The summed E-state index contributed by atoms with van der Waals surface area (Å²) in [7, 11) is -0.808. The molecule has 0 saturated carbocycles. The summed E-state index contributed by atoms with van der Waals surface area (Å²) in [6, 6.07) is 18.7. The summed E-state index contributed by atoms with van der Waals surface area (Å²) < 4.78 is 39.4. The largest absolute Gasteiger partial charge is 0.493 e. The summed E-state index contributed by atoms with van der Waals surface area (Å²) in [6.45, 7) is 5.65. The zero-order valence-electron chi connectivity index (χ0n) is 21.5. The topological polar surface area (TPSA) is 84.9 Å². The van der Waals surface area contributed by atoms with Crippen LogP contribution in [0.1, 0.15) is 27.8 Å². The van der Waals surface area contributed by atoms with E-state index in [1.807, 2.05) is 55.5 Å². The van der Waals surface area contributed by atoms with Gasteiger partial charge in [0.15, 0.2) is 11.5 Å². The monoisotopic (exact) mass is 510 g/mol. The lowest BCUT2D eigenvalue weighted by molar-refractivity contribution is -0.121. The average molecular weight is 511 g/mol. The standard InChI is InChI=1S/C28H34N2O5S/c1-20-15-21(2)28(22(3)16-20)36(32,33)30(14-13-23-9-7-6-8-10-23)19-27(31)29-18-24-11-12-25(34-4)26(17-24)35-5/h6-12,15-17H,13-14,18-19H2,1-5H3,(H,29,31). The predicted octanol–water partition coefficient (Wildman–Crippen LogP) is 4.18. The summed E-state index contributed by atoms with van der Waals surface area (Å²) in [5.74, 6) is 0.764. The number of aryl methyl sites for hydroxylation is 3. The minimum Gasteiger partial charge on any atom is -0.493 e. The van der Waals surface area contributed by atoms with Gasteiger partial charge >= 0.3 is 0 Å². The van der Waals surface area contributed by atoms with E-state index in [0.29, 0.717) is 29.0 Å². The minimum absolute atomic E-state index is 0.183. The highest BCUT2D eigenvalue weighted by Gasteiger charge is 2.29. The van der Waals surface area contributed by atoms with Gasteiger partial charge in [-0.15, -0.1) is 0 Å². The van der Waals surface area contributed by atoms with Crippen LogP contribution in [-0.2, 0) is 27.8 Å². The molecule has 1 amide bonds. The van der Waals surface area contributed by atoms with Crippen molar-refractivity contribution in [3.63, 3.8) is 0 Å². The lowest BCUT2D eigenvalue weighted by Gasteiger charge is -2.24. The number of rotatable bonds is 11. The molecule has 3 aromatic carbocycles. The van der Waals surface area contributed by atoms with Crippen molar-refractivity contribution in [1.29, 1.82) is 0 Å². The summed E-state index contributed by atoms with van der Waals surface area (Å²) >= 11 is 0. The van der Waals surface area contributed by atoms with Gasteiger partial charge in [0.25, 0.3) is 0 Å². The molecule has 1 N–H and O–H groups in total. The first kappa shape index (κ1) is 27.2. The van der Waals surface area contributed by atoms with Crippen LogP contribution in [0.5, 0.6) is 11.5 Å². The van der Waals surface area contributed by atoms with Crippen LogP contribution in [0.2, 0.25) is 0 Å². The Morgan fingerprint density at radius 1 is 0.861 bits per heavy atom. The van der Waals surface area contributed by atoms with Gasteiger partial charge in [0.1, 0.15) is 0 Å². The lowest BCUT2D eigenvalue weighted by atomic mass is 10.1. The molecule has 0 radical (unpaired) electrons. The summed E-state index contributed by atoms with van der Waals surface area (Å²) in [4.78, 5) is 13.2. The highest BCUT2D eigenvalue weighted by Crippen LogP contribution is 2.28. The molecule has 0 aromatic heterocycles. The van der Waals surface area contributed by atoms with Crippen molar-refractivity contribution in [2.24, 2.45) is 0 Å². The Kier molecular flexibility index (Phi) is 9.12. The maximum Gasteiger partial charge on any atom is 0.244 e. The first-order valence-electron chi connectivity index (χ1n) is 11.7. The number of nitrogens with one attached hydrogen (secondary N) is 1. The normalized spacial score (nSPS) is 11.4. The van der Waals surface area contributed by atoms with E-state index < -0.39 is 10.0 Å². The fraction of sp³-hybridized carbons (Fsp3) is 0.321. The van der Waals surface area contributed by atoms with E-state index in [9.17, 15) is 13.2 Å². The van der Waals surface area contributed by atoms with Crippen molar-refractivity contribution >= 4 is 15.9 Å². The van der Waals surface area contributed by atoms with Crippen LogP contribution in [-0.4, -0.2) is 45.9 Å². The van der Waals surface area contributed by atoms with Gasteiger partial charge in [-0.3, -0.25) is 4.79 Å². The molecule has 3 rings (SSSR count). The van der Waals surface area contributed by atoms with Crippen LogP contribution in [0, 0.1) is 20.8 Å². The van der Waals surface area contributed by atoms with Crippen molar-refractivity contribution < 1.29 is 22.7 Å². The Bertz CT molecular complexity index is 1280. The number of methoxy groups -OCH3 is 2. The van der Waals surface area contributed by atoms with Crippen LogP contribution in [0.3, 0.4) is 0 Å². The molecular weight excluding hydrogens is 476 g/mol. The molecule has 0 spiro atoms. The van der Waals surface area contributed by atoms with Gasteiger partial charge in [-0.05, 0) is 61.6 Å². The molecule has 0 heterocycles. The summed E-state index contributed by atoms with van der Waals surface area (Å²) in [5, 5.41) is 2.84. The van der Waals surface area contributed by atoms with E-state index >= 15 is 0 Å².